The van der Waals surface area contributed by atoms with Crippen LogP contribution < -0.4 is 88.7 Å². The van der Waals surface area contributed by atoms with Crippen LogP contribution in [0.3, 0.4) is 0 Å². The quantitative estimate of drug-likeness (QED) is 0.0935. The van der Waals surface area contributed by atoms with Crippen LogP contribution in [0.25, 0.3) is 39.6 Å². The van der Waals surface area contributed by atoms with Gasteiger partial charge in [-0.1, -0.05) is 54.1 Å². The molecular weight excluding hydrogens is 675 g/mol. The standard InChI is InChI=1S/C24H16ClN3O9S3.3Na/c25-16-8-6-14(22(12-16)39(32,33)34)4-5-15-7-9-17(13-23(15)40(35,36)37)28-26-20-11-10-18-19(24(20)27-28)2-1-3-21(18)38(29,30)31;;;/h1-13H,(H,29,30,31)(H,32,33,34)(H,35,36,37);;;/q;3*+1/p-3/b5-4+;;;. The Labute approximate surface area is 317 Å². The Morgan fingerprint density at radius 1 is 0.628 bits per heavy atom. The van der Waals surface area contributed by atoms with E-state index in [9.17, 15) is 38.9 Å². The van der Waals surface area contributed by atoms with E-state index < -0.39 is 45.0 Å². The average Bonchev–Trinajstić information content (AvgIpc) is 3.31. The first-order chi connectivity index (χ1) is 18.6. The topological polar surface area (TPSA) is 202 Å². The van der Waals surface area contributed by atoms with E-state index in [2.05, 4.69) is 10.2 Å². The number of aromatic nitrogens is 3. The maximum atomic E-state index is 12.1. The van der Waals surface area contributed by atoms with Crippen LogP contribution in [-0.4, -0.2) is 53.9 Å². The first-order valence-electron chi connectivity index (χ1n) is 10.9. The van der Waals surface area contributed by atoms with E-state index >= 15 is 0 Å². The number of hydrogen-bond donors (Lipinski definition) is 0. The van der Waals surface area contributed by atoms with E-state index in [4.69, 9.17) is 11.6 Å². The molecule has 12 nitrogen and oxygen atoms in total. The average molecular weight is 688 g/mol. The van der Waals surface area contributed by atoms with Gasteiger partial charge in [-0.2, -0.15) is 4.80 Å². The molecule has 1 aromatic heterocycles. The van der Waals surface area contributed by atoms with Crippen molar-refractivity contribution in [1.82, 2.24) is 15.0 Å². The van der Waals surface area contributed by atoms with Gasteiger partial charge in [-0.15, -0.1) is 10.2 Å². The van der Waals surface area contributed by atoms with Crippen LogP contribution in [0.5, 0.6) is 0 Å². The Kier molecular flexibility index (Phi) is 12.9. The molecule has 206 valence electrons. The zero-order chi connectivity index (χ0) is 29.0. The van der Waals surface area contributed by atoms with Gasteiger partial charge in [0.25, 0.3) is 0 Å². The third-order valence-corrected chi connectivity index (χ3v) is 8.74. The summed E-state index contributed by atoms with van der Waals surface area (Å²) in [7, 11) is -14.8. The number of benzene rings is 4. The molecule has 1 heterocycles. The number of nitrogens with zero attached hydrogens (tertiary/aromatic N) is 3. The molecule has 0 bridgehead atoms. The van der Waals surface area contributed by atoms with Gasteiger partial charge in [-0.05, 0) is 47.5 Å². The molecule has 0 saturated heterocycles. The first-order valence-corrected chi connectivity index (χ1v) is 15.5. The minimum atomic E-state index is -5.07. The normalized spacial score (nSPS) is 12.1. The molecule has 0 radical (unpaired) electrons. The minimum absolute atomic E-state index is 0. The van der Waals surface area contributed by atoms with Gasteiger partial charge in [0.2, 0.25) is 0 Å². The van der Waals surface area contributed by atoms with Crippen LogP contribution in [0.2, 0.25) is 5.02 Å². The van der Waals surface area contributed by atoms with E-state index in [0.29, 0.717) is 5.39 Å². The number of hydrogen-bond acceptors (Lipinski definition) is 11. The molecule has 0 saturated carbocycles. The molecule has 0 aliphatic carbocycles. The molecule has 5 aromatic rings. The minimum Gasteiger partial charge on any atom is -0.744 e. The van der Waals surface area contributed by atoms with Crippen LogP contribution in [0, 0.1) is 0 Å². The van der Waals surface area contributed by atoms with Crippen LogP contribution >= 0.6 is 11.6 Å². The van der Waals surface area contributed by atoms with Crippen molar-refractivity contribution < 1.29 is 128 Å². The van der Waals surface area contributed by atoms with Crippen molar-refractivity contribution in [1.29, 1.82) is 0 Å². The zero-order valence-electron chi connectivity index (χ0n) is 22.6. The molecule has 0 fully saturated rings. The van der Waals surface area contributed by atoms with E-state index in [0.717, 1.165) is 35.1 Å². The second kappa shape index (κ2) is 14.4. The third-order valence-electron chi connectivity index (χ3n) is 5.82. The summed E-state index contributed by atoms with van der Waals surface area (Å²) in [4.78, 5) is -0.725. The molecule has 0 amide bonds. The molecule has 4 aromatic carbocycles. The van der Waals surface area contributed by atoms with E-state index in [1.54, 1.807) is 6.07 Å². The largest absolute Gasteiger partial charge is 1.00 e. The van der Waals surface area contributed by atoms with Gasteiger partial charge < -0.3 is 13.7 Å². The van der Waals surface area contributed by atoms with Gasteiger partial charge >= 0.3 is 88.7 Å². The second-order valence-corrected chi connectivity index (χ2v) is 12.9. The summed E-state index contributed by atoms with van der Waals surface area (Å²) in [6.07, 6.45) is 2.30. The summed E-state index contributed by atoms with van der Waals surface area (Å²) in [5, 5.41) is 9.01. The van der Waals surface area contributed by atoms with Crippen molar-refractivity contribution in [3.63, 3.8) is 0 Å². The molecule has 0 aliphatic heterocycles. The zero-order valence-corrected chi connectivity index (χ0v) is 31.8. The fourth-order valence-electron chi connectivity index (χ4n) is 4.08. The number of rotatable bonds is 6. The summed E-state index contributed by atoms with van der Waals surface area (Å²) >= 11 is 5.79. The summed E-state index contributed by atoms with van der Waals surface area (Å²) in [6.45, 7) is 0. The van der Waals surface area contributed by atoms with Crippen LogP contribution in [0.1, 0.15) is 11.1 Å². The van der Waals surface area contributed by atoms with Crippen molar-refractivity contribution in [2.45, 2.75) is 14.7 Å². The summed E-state index contributed by atoms with van der Waals surface area (Å²) in [6, 6.07) is 14.1. The summed E-state index contributed by atoms with van der Waals surface area (Å²) < 4.78 is 106. The van der Waals surface area contributed by atoms with E-state index in [1.807, 2.05) is 0 Å². The van der Waals surface area contributed by atoms with Gasteiger partial charge in [0.05, 0.1) is 20.4 Å². The van der Waals surface area contributed by atoms with Gasteiger partial charge in [-0.3, -0.25) is 0 Å². The van der Waals surface area contributed by atoms with Crippen molar-refractivity contribution in [2.24, 2.45) is 0 Å². The van der Waals surface area contributed by atoms with Gasteiger partial charge in [0.15, 0.2) is 0 Å². The van der Waals surface area contributed by atoms with Crippen molar-refractivity contribution in [3.8, 4) is 5.69 Å². The van der Waals surface area contributed by atoms with Crippen LogP contribution in [-0.2, 0) is 30.4 Å². The Morgan fingerprint density at radius 2 is 1.19 bits per heavy atom. The maximum absolute atomic E-state index is 12.1. The third kappa shape index (κ3) is 8.37. The van der Waals surface area contributed by atoms with Crippen LogP contribution in [0.15, 0.2) is 81.4 Å². The molecule has 43 heavy (non-hydrogen) atoms. The molecule has 0 N–H and O–H groups in total. The molecule has 0 atom stereocenters. The predicted molar refractivity (Wildman–Crippen MR) is 141 cm³/mol. The van der Waals surface area contributed by atoms with E-state index in [1.165, 1.54) is 42.5 Å². The molecule has 19 heteroatoms. The van der Waals surface area contributed by atoms with Gasteiger partial charge in [-0.25, -0.2) is 25.3 Å². The molecule has 0 aliphatic rings. The molecule has 0 unspecified atom stereocenters. The van der Waals surface area contributed by atoms with Crippen molar-refractivity contribution >= 4 is 75.9 Å². The fraction of sp³-hybridized carbons (Fsp3) is 0. The van der Waals surface area contributed by atoms with Gasteiger partial charge in [0.1, 0.15) is 41.4 Å². The Balaban J connectivity index is 0.00000215. The maximum Gasteiger partial charge on any atom is 1.00 e. The Morgan fingerprint density at radius 3 is 1.77 bits per heavy atom. The predicted octanol–water partition coefficient (Wildman–Crippen LogP) is -5.88. The summed E-state index contributed by atoms with van der Waals surface area (Å²) in [5.74, 6) is 0. The van der Waals surface area contributed by atoms with Gasteiger partial charge in [0, 0.05) is 15.8 Å². The van der Waals surface area contributed by atoms with E-state index in [-0.39, 0.29) is 127 Å². The first kappa shape index (κ1) is 38.5. The SMILES string of the molecule is O=S(=O)([O-])c1cc(Cl)ccc1/C=C/c1ccc(-n2nc3ccc4c(S(=O)(=O)[O-])cccc4c3n2)cc1S(=O)(=O)[O-].[Na+].[Na+].[Na+]. The number of fused-ring (bicyclic) bond motifs is 3. The monoisotopic (exact) mass is 687 g/mol. The smallest absolute Gasteiger partial charge is 0.744 e. The fourth-order valence-corrected chi connectivity index (χ4v) is 6.40. The molecule has 5 rings (SSSR count). The Bertz CT molecular complexity index is 2230. The second-order valence-electron chi connectivity index (χ2n) is 8.37. The van der Waals surface area contributed by atoms with Crippen molar-refractivity contribution in [3.05, 3.63) is 82.9 Å². The molecule has 0 spiro atoms. The van der Waals surface area contributed by atoms with Crippen LogP contribution in [0.4, 0.5) is 0 Å². The summed E-state index contributed by atoms with van der Waals surface area (Å²) in [5.41, 5.74) is 0.363. The van der Waals surface area contributed by atoms with Crippen molar-refractivity contribution in [2.75, 3.05) is 0 Å². The number of halogens is 1. The Hall–Kier alpha value is -0.700. The molecular formula is C24H13ClN3Na3O9S3.